The number of carboxylic acid groups (broad SMARTS) is 1. The third-order valence-corrected chi connectivity index (χ3v) is 8.19. The first kappa shape index (κ1) is 32.6. The van der Waals surface area contributed by atoms with Crippen LogP contribution in [0.4, 0.5) is 23.4 Å². The minimum absolute atomic E-state index is 0.0216. The topological polar surface area (TPSA) is 122 Å². The normalized spacial score (nSPS) is 17.2. The van der Waals surface area contributed by atoms with Crippen LogP contribution in [0.5, 0.6) is 0 Å². The molecule has 0 spiro atoms. The Bertz CT molecular complexity index is 1260. The Hall–Kier alpha value is -3.26. The van der Waals surface area contributed by atoms with Crippen LogP contribution in [0.2, 0.25) is 0 Å². The fourth-order valence-corrected chi connectivity index (χ4v) is 5.53. The highest BCUT2D eigenvalue weighted by Gasteiger charge is 2.57. The van der Waals surface area contributed by atoms with Crippen molar-refractivity contribution >= 4 is 17.7 Å². The molecule has 238 valence electrons. The molecule has 4 rings (SSSR count). The van der Waals surface area contributed by atoms with Gasteiger partial charge in [-0.1, -0.05) is 6.07 Å². The molecule has 3 N–H and O–H groups in total. The van der Waals surface area contributed by atoms with Crippen molar-refractivity contribution < 1.29 is 37.0 Å². The van der Waals surface area contributed by atoms with Crippen molar-refractivity contribution in [2.24, 2.45) is 7.05 Å². The summed E-state index contributed by atoms with van der Waals surface area (Å²) in [6, 6.07) is 2.79. The molecule has 3 heterocycles. The van der Waals surface area contributed by atoms with Crippen LogP contribution in [0, 0.1) is 0 Å². The Labute approximate surface area is 248 Å². The van der Waals surface area contributed by atoms with Crippen LogP contribution in [-0.2, 0) is 45.8 Å². The number of hydrogen-bond donors (Lipinski definition) is 3. The Morgan fingerprint density at radius 1 is 1.26 bits per heavy atom. The SMILES string of the molecule is CO[C@H](CF)CN(CCCCc1ccc2c(n1)NCCC2)CC[C@H](NC(=O)C1(c2nn(C)cc2C(F)(F)F)CC1)C(=O)O. The quantitative estimate of drug-likeness (QED) is 0.195. The summed E-state index contributed by atoms with van der Waals surface area (Å²) in [7, 11) is 2.74. The number of ether oxygens (including phenoxy) is 1. The molecule has 0 saturated heterocycles. The van der Waals surface area contributed by atoms with E-state index in [4.69, 9.17) is 9.72 Å². The minimum Gasteiger partial charge on any atom is -0.480 e. The van der Waals surface area contributed by atoms with E-state index in [-0.39, 0.29) is 38.0 Å². The molecule has 2 aromatic heterocycles. The molecule has 0 radical (unpaired) electrons. The number of aliphatic carboxylic acids is 1. The third kappa shape index (κ3) is 8.22. The van der Waals surface area contributed by atoms with Crippen LogP contribution in [0.1, 0.15) is 61.0 Å². The van der Waals surface area contributed by atoms with Crippen molar-refractivity contribution in [3.8, 4) is 0 Å². The lowest BCUT2D eigenvalue weighted by Crippen LogP contribution is -2.48. The van der Waals surface area contributed by atoms with E-state index in [0.717, 1.165) is 61.0 Å². The van der Waals surface area contributed by atoms with Gasteiger partial charge in [-0.05, 0) is 69.5 Å². The maximum atomic E-state index is 13.6. The molecule has 1 amide bonds. The van der Waals surface area contributed by atoms with E-state index in [1.165, 1.54) is 19.7 Å². The van der Waals surface area contributed by atoms with Gasteiger partial charge in [0.25, 0.3) is 0 Å². The Kier molecular flexibility index (Phi) is 10.6. The summed E-state index contributed by atoms with van der Waals surface area (Å²) in [5, 5.41) is 19.5. The van der Waals surface area contributed by atoms with Gasteiger partial charge in [0, 0.05) is 45.7 Å². The summed E-state index contributed by atoms with van der Waals surface area (Å²) < 4.78 is 60.5. The number of methoxy groups -OCH3 is 1. The second-order valence-corrected chi connectivity index (χ2v) is 11.4. The van der Waals surface area contributed by atoms with E-state index in [9.17, 15) is 32.3 Å². The maximum absolute atomic E-state index is 13.6. The highest BCUT2D eigenvalue weighted by molar-refractivity contribution is 5.93. The van der Waals surface area contributed by atoms with Gasteiger partial charge in [0.2, 0.25) is 5.91 Å². The molecule has 1 aliphatic heterocycles. The molecule has 43 heavy (non-hydrogen) atoms. The average molecular weight is 613 g/mol. The van der Waals surface area contributed by atoms with Crippen LogP contribution in [0.15, 0.2) is 18.3 Å². The van der Waals surface area contributed by atoms with Gasteiger partial charge >= 0.3 is 12.1 Å². The minimum atomic E-state index is -4.70. The van der Waals surface area contributed by atoms with Crippen LogP contribution >= 0.6 is 0 Å². The number of pyridine rings is 1. The smallest absolute Gasteiger partial charge is 0.419 e. The first-order valence-corrected chi connectivity index (χ1v) is 14.7. The first-order valence-electron chi connectivity index (χ1n) is 14.7. The van der Waals surface area contributed by atoms with Gasteiger partial charge < -0.3 is 25.4 Å². The molecule has 0 bridgehead atoms. The number of hydrogen-bond acceptors (Lipinski definition) is 7. The van der Waals surface area contributed by atoms with E-state index < -0.39 is 47.9 Å². The number of nitrogens with zero attached hydrogens (tertiary/aromatic N) is 4. The summed E-state index contributed by atoms with van der Waals surface area (Å²) in [5.74, 6) is -1.16. The summed E-state index contributed by atoms with van der Waals surface area (Å²) >= 11 is 0. The molecule has 1 saturated carbocycles. The van der Waals surface area contributed by atoms with Gasteiger partial charge in [-0.3, -0.25) is 9.48 Å². The molecular weight excluding hydrogens is 572 g/mol. The van der Waals surface area contributed by atoms with E-state index in [1.54, 1.807) is 0 Å². The summed E-state index contributed by atoms with van der Waals surface area (Å²) in [6.07, 6.45) is 0.0684. The van der Waals surface area contributed by atoms with Crippen molar-refractivity contribution in [3.05, 3.63) is 40.8 Å². The average Bonchev–Trinajstić information content (AvgIpc) is 3.69. The van der Waals surface area contributed by atoms with Gasteiger partial charge in [0.1, 0.15) is 18.5 Å². The summed E-state index contributed by atoms with van der Waals surface area (Å²) in [5.41, 5.74) is -0.719. The maximum Gasteiger partial charge on any atom is 0.419 e. The number of amides is 1. The Balaban J connectivity index is 1.35. The van der Waals surface area contributed by atoms with Gasteiger partial charge in [-0.25, -0.2) is 14.2 Å². The highest BCUT2D eigenvalue weighted by Crippen LogP contribution is 2.51. The lowest BCUT2D eigenvalue weighted by atomic mass is 9.96. The molecule has 14 heteroatoms. The Morgan fingerprint density at radius 2 is 2.02 bits per heavy atom. The molecule has 2 atom stereocenters. The number of nitrogens with one attached hydrogen (secondary N) is 2. The number of anilines is 1. The molecule has 0 aromatic carbocycles. The zero-order valence-corrected chi connectivity index (χ0v) is 24.6. The van der Waals surface area contributed by atoms with Crippen LogP contribution in [0.25, 0.3) is 0 Å². The van der Waals surface area contributed by atoms with Gasteiger partial charge in [-0.15, -0.1) is 0 Å². The number of unbranched alkanes of at least 4 members (excludes halogenated alkanes) is 1. The van der Waals surface area contributed by atoms with Crippen LogP contribution < -0.4 is 10.6 Å². The van der Waals surface area contributed by atoms with E-state index in [1.807, 2.05) is 11.0 Å². The van der Waals surface area contributed by atoms with E-state index in [0.29, 0.717) is 6.54 Å². The van der Waals surface area contributed by atoms with Gasteiger partial charge in [0.05, 0.1) is 22.8 Å². The standard InChI is InChI=1S/C29H40F4N6O4/c1-38-18-22(29(31,32)33)24(37-38)28(11-12-28)27(42)36-23(26(40)41)10-15-39(17-21(16-30)43-2)14-4-3-7-20-9-8-19-6-5-13-34-25(19)35-20/h8-9,18,21,23H,3-7,10-17H2,1-2H3,(H,34,35)(H,36,42)(H,40,41)/t21-,23+/m1/s1. The van der Waals surface area contributed by atoms with Crippen molar-refractivity contribution in [1.82, 2.24) is 25.0 Å². The van der Waals surface area contributed by atoms with Crippen LogP contribution in [-0.4, -0.2) is 88.8 Å². The number of aryl methyl sites for hydroxylation is 3. The predicted molar refractivity (Wildman–Crippen MR) is 151 cm³/mol. The van der Waals surface area contributed by atoms with Crippen molar-refractivity contribution in [2.45, 2.75) is 75.1 Å². The molecular formula is C29H40F4N6O4. The number of halogens is 4. The first-order chi connectivity index (χ1) is 20.5. The lowest BCUT2D eigenvalue weighted by molar-refractivity contribution is -0.143. The largest absolute Gasteiger partial charge is 0.480 e. The third-order valence-electron chi connectivity index (χ3n) is 8.19. The zero-order chi connectivity index (χ0) is 31.2. The van der Waals surface area contributed by atoms with Crippen LogP contribution in [0.3, 0.4) is 0 Å². The predicted octanol–water partition coefficient (Wildman–Crippen LogP) is 3.49. The molecule has 1 fully saturated rings. The molecule has 2 aliphatic rings. The fraction of sp³-hybridized carbons (Fsp3) is 0.655. The van der Waals surface area contributed by atoms with Crippen molar-refractivity contribution in [3.63, 3.8) is 0 Å². The lowest BCUT2D eigenvalue weighted by Gasteiger charge is -2.27. The summed E-state index contributed by atoms with van der Waals surface area (Å²) in [6.45, 7) is 1.16. The Morgan fingerprint density at radius 3 is 2.67 bits per heavy atom. The van der Waals surface area contributed by atoms with Crippen molar-refractivity contribution in [2.75, 3.05) is 45.3 Å². The molecule has 2 aromatic rings. The monoisotopic (exact) mass is 612 g/mol. The molecule has 0 unspecified atom stereocenters. The number of alkyl halides is 4. The van der Waals surface area contributed by atoms with Gasteiger partial charge in [-0.2, -0.15) is 18.3 Å². The highest BCUT2D eigenvalue weighted by atomic mass is 19.4. The zero-order valence-electron chi connectivity index (χ0n) is 24.6. The van der Waals surface area contributed by atoms with E-state index >= 15 is 0 Å². The van der Waals surface area contributed by atoms with E-state index in [2.05, 4.69) is 21.8 Å². The number of fused-ring (bicyclic) bond motifs is 1. The fourth-order valence-electron chi connectivity index (χ4n) is 5.53. The number of carbonyl (C=O) groups excluding carboxylic acids is 1. The van der Waals surface area contributed by atoms with Gasteiger partial charge in [0.15, 0.2) is 0 Å². The number of aromatic nitrogens is 3. The second kappa shape index (κ2) is 14.0. The second-order valence-electron chi connectivity index (χ2n) is 11.4. The number of rotatable bonds is 16. The molecule has 10 nitrogen and oxygen atoms in total. The molecule has 1 aliphatic carbocycles. The summed E-state index contributed by atoms with van der Waals surface area (Å²) in [4.78, 5) is 31.9. The number of carbonyl (C=O) groups is 2. The van der Waals surface area contributed by atoms with Crippen molar-refractivity contribution in [1.29, 1.82) is 0 Å². The number of carboxylic acids is 1.